The quantitative estimate of drug-likeness (QED) is 0.839. The van der Waals surface area contributed by atoms with Crippen molar-refractivity contribution in [2.75, 3.05) is 40.8 Å². The third kappa shape index (κ3) is 3.81. The summed E-state index contributed by atoms with van der Waals surface area (Å²) in [6.07, 6.45) is 6.33. The number of aromatic nitrogens is 2. The average molecular weight is 279 g/mol. The highest BCUT2D eigenvalue weighted by atomic mass is 15.3. The van der Waals surface area contributed by atoms with Gasteiger partial charge in [-0.1, -0.05) is 0 Å². The molecular weight excluding hydrogens is 250 g/mol. The van der Waals surface area contributed by atoms with Crippen molar-refractivity contribution in [2.24, 2.45) is 0 Å². The molecule has 0 aromatic carbocycles. The lowest BCUT2D eigenvalue weighted by Gasteiger charge is -2.46. The van der Waals surface area contributed by atoms with Gasteiger partial charge in [-0.2, -0.15) is 5.10 Å². The van der Waals surface area contributed by atoms with Gasteiger partial charge in [0.05, 0.1) is 6.54 Å². The zero-order valence-corrected chi connectivity index (χ0v) is 13.3. The first-order chi connectivity index (χ1) is 9.52. The summed E-state index contributed by atoms with van der Waals surface area (Å²) < 4.78 is 1.99. The minimum atomic E-state index is 0.297. The number of likely N-dealkylation sites (N-methyl/N-ethyl adjacent to an activating group) is 1. The number of nitrogens with one attached hydrogen (secondary N) is 1. The molecule has 0 saturated carbocycles. The monoisotopic (exact) mass is 279 g/mol. The zero-order chi connectivity index (χ0) is 14.6. The molecule has 1 N–H and O–H groups in total. The van der Waals surface area contributed by atoms with Crippen LogP contribution in [0.15, 0.2) is 18.5 Å². The van der Waals surface area contributed by atoms with E-state index in [4.69, 9.17) is 0 Å². The van der Waals surface area contributed by atoms with E-state index in [1.807, 2.05) is 23.1 Å². The fraction of sp³-hybridized carbons (Fsp3) is 0.800. The van der Waals surface area contributed by atoms with E-state index in [0.717, 1.165) is 13.1 Å². The number of rotatable bonds is 6. The van der Waals surface area contributed by atoms with Crippen LogP contribution >= 0.6 is 0 Å². The Labute approximate surface area is 122 Å². The van der Waals surface area contributed by atoms with Crippen LogP contribution in [0, 0.1) is 0 Å². The highest BCUT2D eigenvalue weighted by Crippen LogP contribution is 2.26. The maximum absolute atomic E-state index is 4.27. The van der Waals surface area contributed by atoms with Gasteiger partial charge in [0.15, 0.2) is 0 Å². The van der Waals surface area contributed by atoms with Crippen LogP contribution in [0.1, 0.15) is 19.8 Å². The molecule has 114 valence electrons. The van der Waals surface area contributed by atoms with Crippen LogP contribution in [0.25, 0.3) is 0 Å². The van der Waals surface area contributed by atoms with Crippen molar-refractivity contribution in [3.05, 3.63) is 18.5 Å². The highest BCUT2D eigenvalue weighted by Gasteiger charge is 2.35. The second-order valence-corrected chi connectivity index (χ2v) is 6.43. The second-order valence-electron chi connectivity index (χ2n) is 6.43. The van der Waals surface area contributed by atoms with Gasteiger partial charge >= 0.3 is 0 Å². The normalized spacial score (nSPS) is 21.2. The highest BCUT2D eigenvalue weighted by molar-refractivity contribution is 4.95. The Bertz CT molecular complexity index is 379. The maximum atomic E-state index is 4.27. The summed E-state index contributed by atoms with van der Waals surface area (Å²) in [5, 5.41) is 7.98. The van der Waals surface area contributed by atoms with Gasteiger partial charge < -0.3 is 15.1 Å². The van der Waals surface area contributed by atoms with Crippen molar-refractivity contribution in [1.29, 1.82) is 0 Å². The van der Waals surface area contributed by atoms with Crippen molar-refractivity contribution in [3.8, 4) is 0 Å². The molecule has 1 aromatic rings. The molecule has 5 nitrogen and oxygen atoms in total. The van der Waals surface area contributed by atoms with Gasteiger partial charge in [0.2, 0.25) is 0 Å². The maximum Gasteiger partial charge on any atom is 0.0559 e. The molecular formula is C15H29N5. The van der Waals surface area contributed by atoms with Crippen molar-refractivity contribution in [1.82, 2.24) is 24.9 Å². The van der Waals surface area contributed by atoms with Crippen LogP contribution in [-0.2, 0) is 6.54 Å². The lowest BCUT2D eigenvalue weighted by Crippen LogP contribution is -2.58. The summed E-state index contributed by atoms with van der Waals surface area (Å²) in [6, 6.07) is 2.41. The molecule has 0 radical (unpaired) electrons. The van der Waals surface area contributed by atoms with E-state index in [0.29, 0.717) is 11.6 Å². The summed E-state index contributed by atoms with van der Waals surface area (Å²) in [7, 11) is 6.64. The van der Waals surface area contributed by atoms with E-state index < -0.39 is 0 Å². The smallest absolute Gasteiger partial charge is 0.0559 e. The minimum absolute atomic E-state index is 0.297. The molecule has 0 unspecified atom stereocenters. The van der Waals surface area contributed by atoms with Crippen LogP contribution in [0.2, 0.25) is 0 Å². The number of piperidine rings is 1. The topological polar surface area (TPSA) is 36.3 Å². The predicted octanol–water partition coefficient (Wildman–Crippen LogP) is 0.887. The van der Waals surface area contributed by atoms with Crippen LogP contribution in [0.4, 0.5) is 0 Å². The van der Waals surface area contributed by atoms with E-state index >= 15 is 0 Å². The van der Waals surface area contributed by atoms with Crippen molar-refractivity contribution in [3.63, 3.8) is 0 Å². The van der Waals surface area contributed by atoms with Crippen LogP contribution in [0.3, 0.4) is 0 Å². The van der Waals surface area contributed by atoms with E-state index in [2.05, 4.69) is 48.3 Å². The van der Waals surface area contributed by atoms with Crippen molar-refractivity contribution < 1.29 is 0 Å². The van der Waals surface area contributed by atoms with Crippen LogP contribution in [0.5, 0.6) is 0 Å². The SMILES string of the molecule is C[C@H](Cn1cccn1)NCC1(N(C)C)CCN(C)CC1. The Morgan fingerprint density at radius 2 is 2.05 bits per heavy atom. The van der Waals surface area contributed by atoms with Crippen molar-refractivity contribution >= 4 is 0 Å². The Balaban J connectivity index is 1.86. The Morgan fingerprint density at radius 3 is 2.60 bits per heavy atom. The lowest BCUT2D eigenvalue weighted by molar-refractivity contribution is 0.0633. The third-order valence-electron chi connectivity index (χ3n) is 4.67. The number of likely N-dealkylation sites (tertiary alicyclic amines) is 1. The third-order valence-corrected chi connectivity index (χ3v) is 4.67. The number of hydrogen-bond donors (Lipinski definition) is 1. The Hall–Kier alpha value is -0.910. The van der Waals surface area contributed by atoms with Crippen LogP contribution in [-0.4, -0.2) is 71.9 Å². The van der Waals surface area contributed by atoms with Gasteiger partial charge in [-0.25, -0.2) is 0 Å². The predicted molar refractivity (Wildman–Crippen MR) is 82.8 cm³/mol. The molecule has 0 aliphatic carbocycles. The van der Waals surface area contributed by atoms with Gasteiger partial charge in [0.25, 0.3) is 0 Å². The van der Waals surface area contributed by atoms with E-state index in [1.165, 1.54) is 25.9 Å². The second kappa shape index (κ2) is 6.70. The molecule has 5 heteroatoms. The molecule has 1 atom stereocenters. The first-order valence-corrected chi connectivity index (χ1v) is 7.59. The fourth-order valence-corrected chi connectivity index (χ4v) is 2.93. The summed E-state index contributed by atoms with van der Waals surface area (Å²) in [4.78, 5) is 4.84. The molecule has 2 heterocycles. The summed E-state index contributed by atoms with van der Waals surface area (Å²) >= 11 is 0. The summed E-state index contributed by atoms with van der Waals surface area (Å²) in [6.45, 7) is 6.59. The first-order valence-electron chi connectivity index (χ1n) is 7.59. The van der Waals surface area contributed by atoms with Gasteiger partial charge in [-0.05, 0) is 60.1 Å². The van der Waals surface area contributed by atoms with E-state index in [-0.39, 0.29) is 0 Å². The standard InChI is InChI=1S/C15H29N5/c1-14(12-20-9-5-8-17-20)16-13-15(18(2)3)6-10-19(4)11-7-15/h5,8-9,14,16H,6-7,10-13H2,1-4H3/t14-/m1/s1. The fourth-order valence-electron chi connectivity index (χ4n) is 2.93. The van der Waals surface area contributed by atoms with E-state index in [1.54, 1.807) is 0 Å². The molecule has 0 bridgehead atoms. The van der Waals surface area contributed by atoms with Crippen molar-refractivity contribution in [2.45, 2.75) is 37.9 Å². The number of nitrogens with zero attached hydrogens (tertiary/aromatic N) is 4. The molecule has 1 aromatic heterocycles. The first kappa shape index (κ1) is 15.5. The van der Waals surface area contributed by atoms with Crippen LogP contribution < -0.4 is 5.32 Å². The molecule has 1 fully saturated rings. The molecule has 0 spiro atoms. The molecule has 1 saturated heterocycles. The summed E-state index contributed by atoms with van der Waals surface area (Å²) in [5.41, 5.74) is 0.297. The molecule has 1 aliphatic heterocycles. The minimum Gasteiger partial charge on any atom is -0.311 e. The van der Waals surface area contributed by atoms with Gasteiger partial charge in [-0.3, -0.25) is 4.68 Å². The number of hydrogen-bond acceptors (Lipinski definition) is 4. The molecule has 2 rings (SSSR count). The molecule has 0 amide bonds. The van der Waals surface area contributed by atoms with Gasteiger partial charge in [0, 0.05) is 30.5 Å². The largest absolute Gasteiger partial charge is 0.311 e. The lowest BCUT2D eigenvalue weighted by atomic mass is 9.86. The van der Waals surface area contributed by atoms with Gasteiger partial charge in [0.1, 0.15) is 0 Å². The molecule has 20 heavy (non-hydrogen) atoms. The Morgan fingerprint density at radius 1 is 1.35 bits per heavy atom. The van der Waals surface area contributed by atoms with Gasteiger partial charge in [-0.15, -0.1) is 0 Å². The average Bonchev–Trinajstić information content (AvgIpc) is 2.91. The molecule has 1 aliphatic rings. The van der Waals surface area contributed by atoms with E-state index in [9.17, 15) is 0 Å². The Kier molecular flexibility index (Phi) is 5.18. The summed E-state index contributed by atoms with van der Waals surface area (Å²) in [5.74, 6) is 0. The zero-order valence-electron chi connectivity index (χ0n) is 13.3.